The van der Waals surface area contributed by atoms with Gasteiger partial charge >= 0.3 is 0 Å². The molecule has 0 radical (unpaired) electrons. The summed E-state index contributed by atoms with van der Waals surface area (Å²) >= 11 is 9.28. The Morgan fingerprint density at radius 1 is 1.50 bits per heavy atom. The molecule has 0 saturated carbocycles. The van der Waals surface area contributed by atoms with Gasteiger partial charge in [0.15, 0.2) is 0 Å². The SMILES string of the molecule is CC1CN(S(=O)(=O)c2ccc(Br)cc2Cl)CCN1. The average molecular weight is 354 g/mol. The van der Waals surface area contributed by atoms with Gasteiger partial charge in [0.2, 0.25) is 10.0 Å². The van der Waals surface area contributed by atoms with Gasteiger partial charge in [0.1, 0.15) is 4.90 Å². The maximum atomic E-state index is 12.5. The minimum absolute atomic E-state index is 0.155. The minimum atomic E-state index is -3.50. The highest BCUT2D eigenvalue weighted by molar-refractivity contribution is 9.10. The zero-order valence-electron chi connectivity index (χ0n) is 9.86. The molecule has 1 heterocycles. The van der Waals surface area contributed by atoms with Crippen LogP contribution in [0.5, 0.6) is 0 Å². The van der Waals surface area contributed by atoms with E-state index in [0.29, 0.717) is 19.6 Å². The van der Waals surface area contributed by atoms with Crippen molar-refractivity contribution >= 4 is 37.6 Å². The molecule has 7 heteroatoms. The highest BCUT2D eigenvalue weighted by atomic mass is 79.9. The first kappa shape index (κ1) is 14.3. The summed E-state index contributed by atoms with van der Waals surface area (Å²) in [7, 11) is -3.50. The molecule has 1 aromatic carbocycles. The molecule has 1 unspecified atom stereocenters. The lowest BCUT2D eigenvalue weighted by molar-refractivity contribution is 0.310. The van der Waals surface area contributed by atoms with Gasteiger partial charge < -0.3 is 5.32 Å². The lowest BCUT2D eigenvalue weighted by Gasteiger charge is -2.31. The summed E-state index contributed by atoms with van der Waals surface area (Å²) in [5.74, 6) is 0. The zero-order valence-corrected chi connectivity index (χ0v) is 13.0. The van der Waals surface area contributed by atoms with E-state index in [4.69, 9.17) is 11.6 Å². The van der Waals surface area contributed by atoms with Crippen molar-refractivity contribution in [3.63, 3.8) is 0 Å². The van der Waals surface area contributed by atoms with Crippen LogP contribution < -0.4 is 5.32 Å². The second kappa shape index (κ2) is 5.46. The molecule has 1 aromatic rings. The van der Waals surface area contributed by atoms with Crippen LogP contribution in [-0.4, -0.2) is 38.4 Å². The first-order valence-electron chi connectivity index (χ1n) is 5.60. The molecule has 0 amide bonds. The summed E-state index contributed by atoms with van der Waals surface area (Å²) < 4.78 is 27.2. The number of hydrogen-bond acceptors (Lipinski definition) is 3. The Balaban J connectivity index is 2.35. The molecule has 18 heavy (non-hydrogen) atoms. The molecule has 100 valence electrons. The van der Waals surface area contributed by atoms with Gasteiger partial charge in [0, 0.05) is 30.1 Å². The largest absolute Gasteiger partial charge is 0.312 e. The van der Waals surface area contributed by atoms with Crippen molar-refractivity contribution in [2.24, 2.45) is 0 Å². The zero-order chi connectivity index (χ0) is 13.3. The molecule has 1 fully saturated rings. The van der Waals surface area contributed by atoms with Crippen LogP contribution in [-0.2, 0) is 10.0 Å². The van der Waals surface area contributed by atoms with Crippen LogP contribution in [0.1, 0.15) is 6.92 Å². The number of nitrogens with one attached hydrogen (secondary N) is 1. The Hall–Kier alpha value is -0.140. The molecular weight excluding hydrogens is 340 g/mol. The van der Waals surface area contributed by atoms with Gasteiger partial charge in [-0.1, -0.05) is 27.5 Å². The normalized spacial score (nSPS) is 22.1. The van der Waals surface area contributed by atoms with E-state index in [-0.39, 0.29) is 16.0 Å². The van der Waals surface area contributed by atoms with Crippen LogP contribution >= 0.6 is 27.5 Å². The van der Waals surface area contributed by atoms with E-state index in [9.17, 15) is 8.42 Å². The van der Waals surface area contributed by atoms with Gasteiger partial charge in [0.25, 0.3) is 0 Å². The van der Waals surface area contributed by atoms with E-state index in [1.54, 1.807) is 12.1 Å². The summed E-state index contributed by atoms with van der Waals surface area (Å²) in [6.07, 6.45) is 0. The third-order valence-electron chi connectivity index (χ3n) is 2.84. The predicted octanol–water partition coefficient (Wildman–Crippen LogP) is 2.08. The van der Waals surface area contributed by atoms with Crippen LogP contribution in [0.15, 0.2) is 27.6 Å². The monoisotopic (exact) mass is 352 g/mol. The summed E-state index contributed by atoms with van der Waals surface area (Å²) in [6.45, 7) is 3.56. The second-order valence-electron chi connectivity index (χ2n) is 4.29. The van der Waals surface area contributed by atoms with Gasteiger partial charge in [-0.05, 0) is 25.1 Å². The van der Waals surface area contributed by atoms with Crippen LogP contribution in [0.2, 0.25) is 5.02 Å². The van der Waals surface area contributed by atoms with Gasteiger partial charge in [0.05, 0.1) is 5.02 Å². The molecule has 1 N–H and O–H groups in total. The van der Waals surface area contributed by atoms with Crippen LogP contribution in [0.3, 0.4) is 0 Å². The van der Waals surface area contributed by atoms with Gasteiger partial charge in [-0.25, -0.2) is 8.42 Å². The lowest BCUT2D eigenvalue weighted by atomic mass is 10.3. The Labute approximate surface area is 120 Å². The average Bonchev–Trinajstić information content (AvgIpc) is 2.28. The van der Waals surface area contributed by atoms with E-state index >= 15 is 0 Å². The number of piperazine rings is 1. The molecule has 2 rings (SSSR count). The fourth-order valence-corrected chi connectivity index (χ4v) is 4.48. The summed E-state index contributed by atoms with van der Waals surface area (Å²) in [5.41, 5.74) is 0. The molecule has 0 aliphatic carbocycles. The molecular formula is C11H14BrClN2O2S. The van der Waals surface area contributed by atoms with Crippen molar-refractivity contribution in [2.75, 3.05) is 19.6 Å². The topological polar surface area (TPSA) is 49.4 Å². The quantitative estimate of drug-likeness (QED) is 0.885. The smallest absolute Gasteiger partial charge is 0.244 e. The van der Waals surface area contributed by atoms with Gasteiger partial charge in [-0.2, -0.15) is 4.31 Å². The third-order valence-corrected chi connectivity index (χ3v) is 5.68. The molecule has 4 nitrogen and oxygen atoms in total. The van der Waals surface area contributed by atoms with E-state index in [0.717, 1.165) is 4.47 Å². The van der Waals surface area contributed by atoms with E-state index in [1.165, 1.54) is 10.4 Å². The third kappa shape index (κ3) is 2.88. The standard InChI is InChI=1S/C11H14BrClN2O2S/c1-8-7-15(5-4-14-8)18(16,17)11-3-2-9(12)6-10(11)13/h2-3,6,8,14H,4-5,7H2,1H3. The minimum Gasteiger partial charge on any atom is -0.312 e. The van der Waals surface area contributed by atoms with Crippen molar-refractivity contribution in [1.29, 1.82) is 0 Å². The number of rotatable bonds is 2. The van der Waals surface area contributed by atoms with Crippen molar-refractivity contribution < 1.29 is 8.42 Å². The van der Waals surface area contributed by atoms with E-state index < -0.39 is 10.0 Å². The van der Waals surface area contributed by atoms with Crippen LogP contribution in [0, 0.1) is 0 Å². The van der Waals surface area contributed by atoms with Gasteiger partial charge in [-0.3, -0.25) is 0 Å². The number of benzene rings is 1. The molecule has 0 bridgehead atoms. The molecule has 0 spiro atoms. The molecule has 1 atom stereocenters. The van der Waals surface area contributed by atoms with Crippen molar-refractivity contribution in [1.82, 2.24) is 9.62 Å². The second-order valence-corrected chi connectivity index (χ2v) is 7.52. The van der Waals surface area contributed by atoms with Crippen LogP contribution in [0.25, 0.3) is 0 Å². The lowest BCUT2D eigenvalue weighted by Crippen LogP contribution is -2.51. The number of nitrogens with zero attached hydrogens (tertiary/aromatic N) is 1. The molecule has 1 aliphatic heterocycles. The molecule has 1 saturated heterocycles. The van der Waals surface area contributed by atoms with Crippen molar-refractivity contribution in [2.45, 2.75) is 17.9 Å². The summed E-state index contributed by atoms with van der Waals surface area (Å²) in [6, 6.07) is 4.97. The van der Waals surface area contributed by atoms with Crippen molar-refractivity contribution in [3.05, 3.63) is 27.7 Å². The fraction of sp³-hybridized carbons (Fsp3) is 0.455. The highest BCUT2D eigenvalue weighted by Gasteiger charge is 2.29. The number of sulfonamides is 1. The Morgan fingerprint density at radius 2 is 2.22 bits per heavy atom. The van der Waals surface area contributed by atoms with Gasteiger partial charge in [-0.15, -0.1) is 0 Å². The maximum absolute atomic E-state index is 12.5. The Morgan fingerprint density at radius 3 is 2.83 bits per heavy atom. The molecule has 1 aliphatic rings. The Bertz CT molecular complexity index is 550. The number of hydrogen-bond donors (Lipinski definition) is 1. The number of halogens is 2. The summed E-state index contributed by atoms with van der Waals surface area (Å²) in [5, 5.41) is 3.46. The first-order chi connectivity index (χ1) is 8.41. The first-order valence-corrected chi connectivity index (χ1v) is 8.21. The van der Waals surface area contributed by atoms with Crippen LogP contribution in [0.4, 0.5) is 0 Å². The fourth-order valence-electron chi connectivity index (χ4n) is 1.94. The molecule has 0 aromatic heterocycles. The van der Waals surface area contributed by atoms with E-state index in [2.05, 4.69) is 21.2 Å². The van der Waals surface area contributed by atoms with E-state index in [1.807, 2.05) is 6.92 Å². The van der Waals surface area contributed by atoms with Crippen molar-refractivity contribution in [3.8, 4) is 0 Å². The Kier molecular flexibility index (Phi) is 4.33. The summed E-state index contributed by atoms with van der Waals surface area (Å²) in [4.78, 5) is 0.168. The predicted molar refractivity (Wildman–Crippen MR) is 75.4 cm³/mol. The maximum Gasteiger partial charge on any atom is 0.244 e. The highest BCUT2D eigenvalue weighted by Crippen LogP contribution is 2.28.